The van der Waals surface area contributed by atoms with E-state index in [1.165, 1.54) is 11.4 Å². The summed E-state index contributed by atoms with van der Waals surface area (Å²) >= 11 is 0. The number of sulfonamides is 1. The smallest absolute Gasteiger partial charge is 0.232 e. The van der Waals surface area contributed by atoms with Crippen LogP contribution >= 0.6 is 0 Å². The third-order valence-corrected chi connectivity index (χ3v) is 5.92. The molecule has 0 aliphatic heterocycles. The molecule has 7 nitrogen and oxygen atoms in total. The molecule has 0 bridgehead atoms. The number of carbonyl (C=O) groups excluding carboxylic acids is 1. The lowest BCUT2D eigenvalue weighted by atomic mass is 10.1. The van der Waals surface area contributed by atoms with Crippen molar-refractivity contribution in [3.63, 3.8) is 0 Å². The first-order chi connectivity index (χ1) is 14.8. The average Bonchev–Trinajstić information content (AvgIpc) is 2.74. The van der Waals surface area contributed by atoms with E-state index in [-0.39, 0.29) is 18.9 Å². The van der Waals surface area contributed by atoms with Gasteiger partial charge in [0.1, 0.15) is 11.5 Å². The van der Waals surface area contributed by atoms with Crippen molar-refractivity contribution < 1.29 is 22.7 Å². The summed E-state index contributed by atoms with van der Waals surface area (Å²) in [6, 6.07) is 14.8. The second-order valence-electron chi connectivity index (χ2n) is 7.13. The first-order valence-corrected chi connectivity index (χ1v) is 12.3. The summed E-state index contributed by atoms with van der Waals surface area (Å²) in [7, 11) is -1.94. The Morgan fingerprint density at radius 3 is 2.58 bits per heavy atom. The molecule has 0 saturated heterocycles. The predicted molar refractivity (Wildman–Crippen MR) is 123 cm³/mol. The van der Waals surface area contributed by atoms with Gasteiger partial charge in [-0.1, -0.05) is 24.3 Å². The number of hydrogen-bond acceptors (Lipinski definition) is 5. The van der Waals surface area contributed by atoms with E-state index < -0.39 is 10.0 Å². The molecule has 0 aliphatic rings. The third-order valence-electron chi connectivity index (χ3n) is 4.72. The Kier molecular flexibility index (Phi) is 9.65. The average molecular weight is 449 g/mol. The summed E-state index contributed by atoms with van der Waals surface area (Å²) in [5, 5.41) is 2.91. The van der Waals surface area contributed by atoms with Crippen molar-refractivity contribution >= 4 is 21.6 Å². The minimum atomic E-state index is -3.47. The fourth-order valence-electron chi connectivity index (χ4n) is 3.24. The van der Waals surface area contributed by atoms with E-state index in [1.807, 2.05) is 31.2 Å². The summed E-state index contributed by atoms with van der Waals surface area (Å²) in [5.74, 6) is 1.38. The maximum absolute atomic E-state index is 12.2. The van der Waals surface area contributed by atoms with Gasteiger partial charge in [0.15, 0.2) is 0 Å². The number of amides is 1. The van der Waals surface area contributed by atoms with Crippen LogP contribution in [0.1, 0.15) is 31.7 Å². The highest BCUT2D eigenvalue weighted by atomic mass is 32.2. The molecule has 0 radical (unpaired) electrons. The van der Waals surface area contributed by atoms with E-state index in [9.17, 15) is 13.2 Å². The zero-order valence-electron chi connectivity index (χ0n) is 18.5. The Hall–Kier alpha value is -2.74. The minimum Gasteiger partial charge on any atom is -0.497 e. The number of aryl methyl sites for hydroxylation is 1. The molecule has 0 spiro atoms. The summed E-state index contributed by atoms with van der Waals surface area (Å²) in [6.07, 6.45) is 3.45. The number of para-hydroxylation sites is 1. The van der Waals surface area contributed by atoms with Crippen LogP contribution in [0, 0.1) is 0 Å². The number of rotatable bonds is 13. The highest BCUT2D eigenvalue weighted by molar-refractivity contribution is 7.92. The molecule has 0 atom stereocenters. The van der Waals surface area contributed by atoms with E-state index in [0.717, 1.165) is 30.4 Å². The molecule has 0 fully saturated rings. The topological polar surface area (TPSA) is 84.9 Å². The number of methoxy groups -OCH3 is 1. The van der Waals surface area contributed by atoms with Crippen molar-refractivity contribution in [3.8, 4) is 11.5 Å². The van der Waals surface area contributed by atoms with E-state index >= 15 is 0 Å². The molecule has 0 saturated carbocycles. The third kappa shape index (κ3) is 8.13. The standard InChI is InChI=1S/C23H32N2O5S/c1-4-30-22-14-6-5-10-19(22)11-8-16-24-23(26)15-9-17-25(31(3,27)28)20-12-7-13-21(18-20)29-2/h5-7,10,12-14,18H,4,8-9,11,15-17H2,1-3H3,(H,24,26). The van der Waals surface area contributed by atoms with Gasteiger partial charge in [-0.3, -0.25) is 9.10 Å². The SMILES string of the molecule is CCOc1ccccc1CCCNC(=O)CCCN(c1cccc(OC)c1)S(C)(=O)=O. The van der Waals surface area contributed by atoms with Crippen molar-refractivity contribution in [2.45, 2.75) is 32.6 Å². The Morgan fingerprint density at radius 1 is 1.10 bits per heavy atom. The van der Waals surface area contributed by atoms with Crippen LogP contribution < -0.4 is 19.1 Å². The molecule has 1 amide bonds. The van der Waals surface area contributed by atoms with Crippen LogP contribution in [0.3, 0.4) is 0 Å². The van der Waals surface area contributed by atoms with Crippen molar-refractivity contribution in [1.82, 2.24) is 5.32 Å². The van der Waals surface area contributed by atoms with Crippen molar-refractivity contribution in [1.29, 1.82) is 0 Å². The van der Waals surface area contributed by atoms with Crippen LogP contribution in [0.2, 0.25) is 0 Å². The maximum Gasteiger partial charge on any atom is 0.232 e. The van der Waals surface area contributed by atoms with E-state index in [2.05, 4.69) is 5.32 Å². The summed E-state index contributed by atoms with van der Waals surface area (Å²) < 4.78 is 36.5. The van der Waals surface area contributed by atoms with Gasteiger partial charge in [0.05, 0.1) is 25.7 Å². The van der Waals surface area contributed by atoms with E-state index in [4.69, 9.17) is 9.47 Å². The molecule has 2 aromatic carbocycles. The van der Waals surface area contributed by atoms with E-state index in [0.29, 0.717) is 31.0 Å². The summed E-state index contributed by atoms with van der Waals surface area (Å²) in [4.78, 5) is 12.2. The molecule has 1 N–H and O–H groups in total. The molecule has 2 rings (SSSR count). The minimum absolute atomic E-state index is 0.0859. The van der Waals surface area contributed by atoms with Gasteiger partial charge in [-0.25, -0.2) is 8.42 Å². The number of ether oxygens (including phenoxy) is 2. The fourth-order valence-corrected chi connectivity index (χ4v) is 4.19. The molecule has 0 heterocycles. The lowest BCUT2D eigenvalue weighted by Crippen LogP contribution is -2.32. The highest BCUT2D eigenvalue weighted by Gasteiger charge is 2.18. The maximum atomic E-state index is 12.2. The first-order valence-electron chi connectivity index (χ1n) is 10.4. The number of anilines is 1. The van der Waals surface area contributed by atoms with Crippen LogP contribution in [-0.2, 0) is 21.2 Å². The van der Waals surface area contributed by atoms with Crippen molar-refractivity contribution in [3.05, 3.63) is 54.1 Å². The highest BCUT2D eigenvalue weighted by Crippen LogP contribution is 2.23. The number of carbonyl (C=O) groups is 1. The van der Waals surface area contributed by atoms with Gasteiger partial charge >= 0.3 is 0 Å². The monoisotopic (exact) mass is 448 g/mol. The second kappa shape index (κ2) is 12.2. The van der Waals surface area contributed by atoms with Crippen LogP contribution in [0.4, 0.5) is 5.69 Å². The Labute approximate surface area is 185 Å². The van der Waals surface area contributed by atoms with Gasteiger partial charge in [-0.05, 0) is 49.9 Å². The van der Waals surface area contributed by atoms with Gasteiger partial charge in [0.2, 0.25) is 15.9 Å². The second-order valence-corrected chi connectivity index (χ2v) is 9.04. The Balaban J connectivity index is 1.78. The van der Waals surface area contributed by atoms with Gasteiger partial charge in [-0.15, -0.1) is 0 Å². The van der Waals surface area contributed by atoms with Gasteiger partial charge in [0, 0.05) is 25.6 Å². The van der Waals surface area contributed by atoms with Crippen LogP contribution in [0.25, 0.3) is 0 Å². The number of hydrogen-bond donors (Lipinski definition) is 1. The molecule has 0 aromatic heterocycles. The zero-order valence-corrected chi connectivity index (χ0v) is 19.3. The van der Waals surface area contributed by atoms with Crippen LogP contribution in [0.15, 0.2) is 48.5 Å². The molecule has 31 heavy (non-hydrogen) atoms. The zero-order chi connectivity index (χ0) is 22.7. The van der Waals surface area contributed by atoms with Crippen molar-refractivity contribution in [2.24, 2.45) is 0 Å². The molecule has 0 aliphatic carbocycles. The lowest BCUT2D eigenvalue weighted by molar-refractivity contribution is -0.121. The van der Waals surface area contributed by atoms with Crippen molar-refractivity contribution in [2.75, 3.05) is 37.4 Å². The fraction of sp³-hybridized carbons (Fsp3) is 0.435. The molecule has 2 aromatic rings. The largest absolute Gasteiger partial charge is 0.497 e. The Morgan fingerprint density at radius 2 is 1.87 bits per heavy atom. The predicted octanol–water partition coefficient (Wildman–Crippen LogP) is 3.39. The van der Waals surface area contributed by atoms with Gasteiger partial charge in [-0.2, -0.15) is 0 Å². The lowest BCUT2D eigenvalue weighted by Gasteiger charge is -2.22. The number of nitrogens with zero attached hydrogens (tertiary/aromatic N) is 1. The number of benzene rings is 2. The van der Waals surface area contributed by atoms with Gasteiger partial charge < -0.3 is 14.8 Å². The summed E-state index contributed by atoms with van der Waals surface area (Å²) in [5.41, 5.74) is 1.65. The molecular weight excluding hydrogens is 416 g/mol. The Bertz CT molecular complexity index is 946. The molecular formula is C23H32N2O5S. The molecule has 170 valence electrons. The van der Waals surface area contributed by atoms with Crippen LogP contribution in [0.5, 0.6) is 11.5 Å². The van der Waals surface area contributed by atoms with Crippen LogP contribution in [-0.4, -0.2) is 47.4 Å². The van der Waals surface area contributed by atoms with Gasteiger partial charge in [0.25, 0.3) is 0 Å². The normalized spacial score (nSPS) is 11.1. The molecule has 8 heteroatoms. The number of nitrogens with one attached hydrogen (secondary N) is 1. The van der Waals surface area contributed by atoms with E-state index in [1.54, 1.807) is 24.3 Å². The summed E-state index contributed by atoms with van der Waals surface area (Å²) in [6.45, 7) is 3.36. The first kappa shape index (κ1) is 24.5. The quantitative estimate of drug-likeness (QED) is 0.475. The molecule has 0 unspecified atom stereocenters.